The number of hydrogen-bond acceptors (Lipinski definition) is 6. The lowest BCUT2D eigenvalue weighted by Crippen LogP contribution is -2.21. The van der Waals surface area contributed by atoms with Crippen molar-refractivity contribution in [1.29, 1.82) is 0 Å². The molecule has 3 rings (SSSR count). The largest absolute Gasteiger partial charge is 0.384 e. The molecule has 2 aromatic heterocycles. The van der Waals surface area contributed by atoms with Crippen molar-refractivity contribution < 1.29 is 8.42 Å². The van der Waals surface area contributed by atoms with Crippen LogP contribution in [0.15, 0.2) is 51.1 Å². The van der Waals surface area contributed by atoms with Crippen LogP contribution in [0.4, 0.5) is 5.82 Å². The molecule has 132 valence electrons. The van der Waals surface area contributed by atoms with Gasteiger partial charge in [0, 0.05) is 18.5 Å². The first-order valence-corrected chi connectivity index (χ1v) is 9.12. The van der Waals surface area contributed by atoms with E-state index in [4.69, 9.17) is 5.73 Å². The molecule has 0 amide bonds. The van der Waals surface area contributed by atoms with Gasteiger partial charge in [-0.05, 0) is 26.2 Å². The molecule has 0 saturated heterocycles. The van der Waals surface area contributed by atoms with Gasteiger partial charge in [-0.1, -0.05) is 18.2 Å². The number of likely N-dealkylation sites (N-methyl/N-ethyl adjacent to an activating group) is 1. The van der Waals surface area contributed by atoms with E-state index in [-0.39, 0.29) is 26.5 Å². The van der Waals surface area contributed by atoms with Crippen molar-refractivity contribution in [3.05, 3.63) is 46.9 Å². The van der Waals surface area contributed by atoms with Gasteiger partial charge >= 0.3 is 0 Å². The van der Waals surface area contributed by atoms with E-state index < -0.39 is 15.4 Å². The summed E-state index contributed by atoms with van der Waals surface area (Å²) in [4.78, 5) is 14.2. The number of aromatic amines is 1. The number of nitrogens with one attached hydrogen (secondary N) is 1. The van der Waals surface area contributed by atoms with Crippen molar-refractivity contribution in [3.8, 4) is 0 Å². The third-order valence-corrected chi connectivity index (χ3v) is 5.82. The van der Waals surface area contributed by atoms with E-state index in [2.05, 4.69) is 10.2 Å². The molecule has 9 heteroatoms. The fraction of sp³-hybridized carbons (Fsp3) is 0.250. The maximum absolute atomic E-state index is 13.1. The van der Waals surface area contributed by atoms with Crippen LogP contribution in [0.1, 0.15) is 0 Å². The minimum absolute atomic E-state index is 0.0409. The van der Waals surface area contributed by atoms with Gasteiger partial charge in [0.2, 0.25) is 9.84 Å². The summed E-state index contributed by atoms with van der Waals surface area (Å²) >= 11 is 0. The van der Waals surface area contributed by atoms with E-state index in [1.54, 1.807) is 18.2 Å². The number of hydrogen-bond donors (Lipinski definition) is 2. The van der Waals surface area contributed by atoms with Crippen molar-refractivity contribution in [2.24, 2.45) is 0 Å². The highest BCUT2D eigenvalue weighted by Gasteiger charge is 2.29. The number of aromatic nitrogens is 3. The number of fused-ring (bicyclic) bond motifs is 1. The van der Waals surface area contributed by atoms with Crippen LogP contribution in [0, 0.1) is 0 Å². The maximum Gasteiger partial charge on any atom is 0.288 e. The number of nitrogen functional groups attached to an aromatic ring is 1. The Morgan fingerprint density at radius 1 is 1.24 bits per heavy atom. The molecule has 0 bridgehead atoms. The van der Waals surface area contributed by atoms with Crippen LogP contribution in [0.3, 0.4) is 0 Å². The van der Waals surface area contributed by atoms with Gasteiger partial charge in [0.1, 0.15) is 16.2 Å². The van der Waals surface area contributed by atoms with Gasteiger partial charge in [-0.25, -0.2) is 13.5 Å². The molecule has 0 spiro atoms. The molecule has 3 N–H and O–H groups in total. The minimum Gasteiger partial charge on any atom is -0.384 e. The molecule has 1 aromatic carbocycles. The minimum atomic E-state index is -3.88. The predicted octanol–water partition coefficient (Wildman–Crippen LogP) is 0.701. The average Bonchev–Trinajstić information content (AvgIpc) is 2.87. The zero-order chi connectivity index (χ0) is 18.2. The third-order valence-electron chi connectivity index (χ3n) is 3.96. The molecule has 25 heavy (non-hydrogen) atoms. The molecule has 3 aromatic rings. The van der Waals surface area contributed by atoms with Gasteiger partial charge in [0.25, 0.3) is 5.56 Å². The lowest BCUT2D eigenvalue weighted by atomic mass is 10.3. The smallest absolute Gasteiger partial charge is 0.288 e. The average molecular weight is 361 g/mol. The lowest BCUT2D eigenvalue weighted by molar-refractivity contribution is 0.387. The monoisotopic (exact) mass is 361 g/mol. The van der Waals surface area contributed by atoms with Crippen LogP contribution in [0.2, 0.25) is 0 Å². The highest BCUT2D eigenvalue weighted by atomic mass is 32.2. The Bertz CT molecular complexity index is 1070. The fourth-order valence-corrected chi connectivity index (χ4v) is 4.31. The summed E-state index contributed by atoms with van der Waals surface area (Å²) in [6, 6.07) is 8.00. The van der Waals surface area contributed by atoms with Gasteiger partial charge in [-0.3, -0.25) is 4.79 Å². The van der Waals surface area contributed by atoms with Gasteiger partial charge in [-0.2, -0.15) is 5.10 Å². The lowest BCUT2D eigenvalue weighted by Gasteiger charge is -2.12. The summed E-state index contributed by atoms with van der Waals surface area (Å²) in [5.74, 6) is 0.0409. The first kappa shape index (κ1) is 17.2. The molecule has 0 saturated carbocycles. The predicted molar refractivity (Wildman–Crippen MR) is 95.2 cm³/mol. The van der Waals surface area contributed by atoms with E-state index in [0.717, 1.165) is 0 Å². The second-order valence-electron chi connectivity index (χ2n) is 5.95. The summed E-state index contributed by atoms with van der Waals surface area (Å²) in [6.07, 6.45) is 1.33. The number of anilines is 1. The fourth-order valence-electron chi connectivity index (χ4n) is 2.74. The van der Waals surface area contributed by atoms with Crippen LogP contribution < -0.4 is 11.3 Å². The number of H-pyrrole nitrogens is 1. The van der Waals surface area contributed by atoms with Crippen LogP contribution in [0.5, 0.6) is 0 Å². The van der Waals surface area contributed by atoms with E-state index in [9.17, 15) is 13.2 Å². The zero-order valence-electron chi connectivity index (χ0n) is 13.9. The molecule has 0 aliphatic carbocycles. The van der Waals surface area contributed by atoms with Crippen molar-refractivity contribution in [2.45, 2.75) is 16.3 Å². The number of nitrogens with two attached hydrogens (primary N) is 1. The highest BCUT2D eigenvalue weighted by Crippen LogP contribution is 2.34. The first-order chi connectivity index (χ1) is 11.8. The van der Waals surface area contributed by atoms with E-state index in [0.29, 0.717) is 13.1 Å². The Hall–Kier alpha value is -2.65. The number of benzene rings is 1. The SMILES string of the molecule is CN(C)CCn1c(N)c(S(=O)(=O)c2ccccc2)c2cn[nH]c(=O)c21. The second kappa shape index (κ2) is 6.34. The van der Waals surface area contributed by atoms with E-state index in [1.807, 2.05) is 19.0 Å². The molecular formula is C16H19N5O3S. The molecule has 2 heterocycles. The molecule has 0 aliphatic rings. The number of sulfone groups is 1. The Labute approximate surface area is 144 Å². The topological polar surface area (TPSA) is 114 Å². The number of nitrogens with zero attached hydrogens (tertiary/aromatic N) is 3. The van der Waals surface area contributed by atoms with Gasteiger partial charge in [0.15, 0.2) is 0 Å². The van der Waals surface area contributed by atoms with E-state index in [1.165, 1.54) is 22.9 Å². The highest BCUT2D eigenvalue weighted by molar-refractivity contribution is 7.92. The quantitative estimate of drug-likeness (QED) is 0.691. The Morgan fingerprint density at radius 2 is 1.92 bits per heavy atom. The normalized spacial score (nSPS) is 12.1. The summed E-state index contributed by atoms with van der Waals surface area (Å²) < 4.78 is 27.7. The van der Waals surface area contributed by atoms with Crippen molar-refractivity contribution in [2.75, 3.05) is 26.4 Å². The molecule has 0 radical (unpaired) electrons. The van der Waals surface area contributed by atoms with Crippen LogP contribution in [0.25, 0.3) is 10.9 Å². The van der Waals surface area contributed by atoms with Crippen LogP contribution >= 0.6 is 0 Å². The van der Waals surface area contributed by atoms with Crippen molar-refractivity contribution in [3.63, 3.8) is 0 Å². The Kier molecular flexibility index (Phi) is 4.36. The third kappa shape index (κ3) is 2.92. The molecule has 0 aliphatic heterocycles. The van der Waals surface area contributed by atoms with Gasteiger partial charge in [-0.15, -0.1) is 0 Å². The standard InChI is InChI=1S/C16H19N5O3S/c1-20(2)8-9-21-13-12(10-18-19-16(13)22)14(15(21)17)25(23,24)11-6-4-3-5-7-11/h3-7,10H,8-9,17H2,1-2H3,(H,19,22). The van der Waals surface area contributed by atoms with Crippen molar-refractivity contribution >= 4 is 26.6 Å². The summed E-state index contributed by atoms with van der Waals surface area (Å²) in [6.45, 7) is 0.979. The molecule has 0 unspecified atom stereocenters. The second-order valence-corrected chi connectivity index (χ2v) is 7.83. The first-order valence-electron chi connectivity index (χ1n) is 7.64. The summed E-state index contributed by atoms with van der Waals surface area (Å²) in [5, 5.41) is 6.32. The van der Waals surface area contributed by atoms with Crippen LogP contribution in [-0.2, 0) is 16.4 Å². The van der Waals surface area contributed by atoms with Gasteiger partial charge < -0.3 is 15.2 Å². The molecule has 8 nitrogen and oxygen atoms in total. The Balaban J connectivity index is 2.32. The van der Waals surface area contributed by atoms with Crippen molar-refractivity contribution in [1.82, 2.24) is 19.7 Å². The van der Waals surface area contributed by atoms with E-state index >= 15 is 0 Å². The summed E-state index contributed by atoms with van der Waals surface area (Å²) in [7, 11) is -0.115. The zero-order valence-corrected chi connectivity index (χ0v) is 14.7. The molecule has 0 fully saturated rings. The molecule has 0 atom stereocenters. The maximum atomic E-state index is 13.1. The van der Waals surface area contributed by atoms with Crippen LogP contribution in [-0.4, -0.2) is 48.7 Å². The van der Waals surface area contributed by atoms with Gasteiger partial charge in [0.05, 0.1) is 11.1 Å². The Morgan fingerprint density at radius 3 is 2.56 bits per heavy atom. The molecular weight excluding hydrogens is 342 g/mol. The summed E-state index contributed by atoms with van der Waals surface area (Å²) in [5.41, 5.74) is 5.92. The number of rotatable bonds is 5.